The Morgan fingerprint density at radius 1 is 1.22 bits per heavy atom. The van der Waals surface area contributed by atoms with E-state index in [4.69, 9.17) is 27.9 Å². The predicted octanol–water partition coefficient (Wildman–Crippen LogP) is 2.97. The van der Waals surface area contributed by atoms with Gasteiger partial charge in [0.1, 0.15) is 5.70 Å². The smallest absolute Gasteiger partial charge is 0.356 e. The highest BCUT2D eigenvalue weighted by Gasteiger charge is 2.58. The molecule has 1 unspecified atom stereocenters. The number of carbonyl (C=O) groups is 2. The SMILES string of the molecule is O=C1OC2(CCNC2)C2=C1N(C(=O)C1(c3ccc(Cl)cc3Cl)CC1)CC=C2. The molecule has 1 saturated carbocycles. The average molecular weight is 405 g/mol. The second-order valence-electron chi connectivity index (χ2n) is 7.60. The molecule has 3 aliphatic heterocycles. The van der Waals surface area contributed by atoms with Gasteiger partial charge in [-0.25, -0.2) is 4.79 Å². The number of nitrogens with zero attached hydrogens (tertiary/aromatic N) is 1. The zero-order chi connectivity index (χ0) is 18.8. The van der Waals surface area contributed by atoms with E-state index in [1.54, 1.807) is 17.0 Å². The zero-order valence-corrected chi connectivity index (χ0v) is 16.1. The molecule has 1 N–H and O–H groups in total. The van der Waals surface area contributed by atoms with Crippen molar-refractivity contribution < 1.29 is 14.3 Å². The lowest BCUT2D eigenvalue weighted by molar-refractivity contribution is -0.149. The van der Waals surface area contributed by atoms with Crippen LogP contribution in [0.1, 0.15) is 24.8 Å². The number of rotatable bonds is 2. The highest BCUT2D eigenvalue weighted by Crippen LogP contribution is 2.53. The minimum atomic E-state index is -0.686. The third kappa shape index (κ3) is 2.42. The number of ether oxygens (including phenoxy) is 1. The second-order valence-corrected chi connectivity index (χ2v) is 8.44. The summed E-state index contributed by atoms with van der Waals surface area (Å²) in [6, 6.07) is 5.23. The Balaban J connectivity index is 1.54. The summed E-state index contributed by atoms with van der Waals surface area (Å²) in [7, 11) is 0. The van der Waals surface area contributed by atoms with E-state index < -0.39 is 17.0 Å². The number of hydrogen-bond donors (Lipinski definition) is 1. The number of amides is 1. The molecular weight excluding hydrogens is 387 g/mol. The van der Waals surface area contributed by atoms with Crippen LogP contribution in [0.15, 0.2) is 41.6 Å². The molecule has 1 aliphatic carbocycles. The number of benzene rings is 1. The summed E-state index contributed by atoms with van der Waals surface area (Å²) in [5, 5.41) is 4.28. The lowest BCUT2D eigenvalue weighted by Gasteiger charge is -2.30. The Morgan fingerprint density at radius 3 is 2.70 bits per heavy atom. The lowest BCUT2D eigenvalue weighted by Crippen LogP contribution is -2.42. The van der Waals surface area contributed by atoms with Gasteiger partial charge in [-0.1, -0.05) is 41.4 Å². The largest absolute Gasteiger partial charge is 0.448 e. The molecule has 2 fully saturated rings. The van der Waals surface area contributed by atoms with Crippen LogP contribution in [0.4, 0.5) is 0 Å². The number of esters is 1. The number of carbonyl (C=O) groups excluding carboxylic acids is 2. The number of nitrogens with one attached hydrogen (secondary N) is 1. The highest BCUT2D eigenvalue weighted by molar-refractivity contribution is 6.35. The van der Waals surface area contributed by atoms with Gasteiger partial charge in [0.15, 0.2) is 5.60 Å². The standard InChI is InChI=1S/C20H18Cl2N2O3/c21-12-3-4-13(15(22)10-12)19(5-6-19)18(26)24-9-1-2-14-16(24)17(25)27-20(14)7-8-23-11-20/h1-4,10,23H,5-9,11H2. The van der Waals surface area contributed by atoms with Crippen LogP contribution in [0.5, 0.6) is 0 Å². The van der Waals surface area contributed by atoms with Gasteiger partial charge in [-0.05, 0) is 37.1 Å². The van der Waals surface area contributed by atoms with Gasteiger partial charge in [0, 0.05) is 35.1 Å². The monoisotopic (exact) mass is 404 g/mol. The molecule has 4 aliphatic rings. The topological polar surface area (TPSA) is 58.6 Å². The summed E-state index contributed by atoms with van der Waals surface area (Å²) < 4.78 is 5.75. The molecule has 5 nitrogen and oxygen atoms in total. The first-order valence-corrected chi connectivity index (χ1v) is 9.85. The molecule has 140 valence electrons. The number of halogens is 2. The van der Waals surface area contributed by atoms with Crippen LogP contribution in [0.25, 0.3) is 0 Å². The van der Waals surface area contributed by atoms with Crippen molar-refractivity contribution in [1.29, 1.82) is 0 Å². The maximum atomic E-state index is 13.6. The zero-order valence-electron chi connectivity index (χ0n) is 14.6. The Hall–Kier alpha value is -1.82. The minimum Gasteiger partial charge on any atom is -0.448 e. The summed E-state index contributed by atoms with van der Waals surface area (Å²) in [4.78, 5) is 27.8. The highest BCUT2D eigenvalue weighted by atomic mass is 35.5. The van der Waals surface area contributed by atoms with E-state index in [1.165, 1.54) is 0 Å². The van der Waals surface area contributed by atoms with Gasteiger partial charge in [-0.2, -0.15) is 0 Å². The number of hydrogen-bond acceptors (Lipinski definition) is 4. The van der Waals surface area contributed by atoms with Crippen molar-refractivity contribution in [1.82, 2.24) is 10.2 Å². The third-order valence-electron chi connectivity index (χ3n) is 6.04. The van der Waals surface area contributed by atoms with E-state index in [1.807, 2.05) is 18.2 Å². The molecule has 1 aromatic carbocycles. The fraction of sp³-hybridized carbons (Fsp3) is 0.400. The Morgan fingerprint density at radius 2 is 2.04 bits per heavy atom. The summed E-state index contributed by atoms with van der Waals surface area (Å²) >= 11 is 12.4. The molecule has 1 aromatic rings. The molecule has 27 heavy (non-hydrogen) atoms. The molecule has 1 spiro atoms. The predicted molar refractivity (Wildman–Crippen MR) is 102 cm³/mol. The maximum absolute atomic E-state index is 13.6. The van der Waals surface area contributed by atoms with Gasteiger partial charge in [0.25, 0.3) is 0 Å². The minimum absolute atomic E-state index is 0.0940. The van der Waals surface area contributed by atoms with Crippen LogP contribution >= 0.6 is 23.2 Å². The molecule has 0 radical (unpaired) electrons. The molecular formula is C20H18Cl2N2O3. The van der Waals surface area contributed by atoms with Gasteiger partial charge < -0.3 is 15.0 Å². The van der Waals surface area contributed by atoms with E-state index in [9.17, 15) is 9.59 Å². The first-order valence-electron chi connectivity index (χ1n) is 9.10. The Bertz CT molecular complexity index is 927. The first-order chi connectivity index (χ1) is 13.0. The lowest BCUT2D eigenvalue weighted by atomic mass is 9.89. The van der Waals surface area contributed by atoms with Gasteiger partial charge >= 0.3 is 5.97 Å². The molecule has 1 amide bonds. The van der Waals surface area contributed by atoms with Crippen molar-refractivity contribution >= 4 is 35.1 Å². The van der Waals surface area contributed by atoms with Crippen LogP contribution in [0.3, 0.4) is 0 Å². The second kappa shape index (κ2) is 5.84. The molecule has 0 bridgehead atoms. The third-order valence-corrected chi connectivity index (χ3v) is 6.59. The summed E-state index contributed by atoms with van der Waals surface area (Å²) in [5.74, 6) is -0.507. The molecule has 1 saturated heterocycles. The molecule has 3 heterocycles. The summed E-state index contributed by atoms with van der Waals surface area (Å²) in [5.41, 5.74) is 0.655. The normalized spacial score (nSPS) is 27.9. The van der Waals surface area contributed by atoms with E-state index in [0.29, 0.717) is 41.7 Å². The quantitative estimate of drug-likeness (QED) is 0.769. The molecule has 5 rings (SSSR count). The van der Waals surface area contributed by atoms with Crippen molar-refractivity contribution in [3.05, 3.63) is 57.2 Å². The molecule has 7 heteroatoms. The van der Waals surface area contributed by atoms with E-state index in [0.717, 1.165) is 24.1 Å². The van der Waals surface area contributed by atoms with Crippen molar-refractivity contribution in [2.45, 2.75) is 30.3 Å². The van der Waals surface area contributed by atoms with Crippen LogP contribution in [0.2, 0.25) is 10.0 Å². The van der Waals surface area contributed by atoms with E-state index in [2.05, 4.69) is 5.32 Å². The van der Waals surface area contributed by atoms with E-state index >= 15 is 0 Å². The van der Waals surface area contributed by atoms with Crippen LogP contribution < -0.4 is 5.32 Å². The fourth-order valence-corrected chi connectivity index (χ4v) is 5.08. The molecule has 1 atom stereocenters. The van der Waals surface area contributed by atoms with Crippen molar-refractivity contribution in [2.75, 3.05) is 19.6 Å². The summed E-state index contributed by atoms with van der Waals surface area (Å²) in [6.07, 6.45) is 6.00. The van der Waals surface area contributed by atoms with Crippen molar-refractivity contribution in [3.63, 3.8) is 0 Å². The van der Waals surface area contributed by atoms with Crippen LogP contribution in [-0.4, -0.2) is 42.0 Å². The number of fused-ring (bicyclic) bond motifs is 1. The molecule has 0 aromatic heterocycles. The van der Waals surface area contributed by atoms with Crippen molar-refractivity contribution in [3.8, 4) is 0 Å². The van der Waals surface area contributed by atoms with Crippen LogP contribution in [-0.2, 0) is 19.7 Å². The fourth-order valence-electron chi connectivity index (χ4n) is 4.49. The van der Waals surface area contributed by atoms with Gasteiger partial charge in [0.2, 0.25) is 5.91 Å². The van der Waals surface area contributed by atoms with Gasteiger partial charge in [0.05, 0.1) is 5.41 Å². The van der Waals surface area contributed by atoms with Gasteiger partial charge in [-0.3, -0.25) is 4.79 Å². The summed E-state index contributed by atoms with van der Waals surface area (Å²) in [6.45, 7) is 1.73. The van der Waals surface area contributed by atoms with Gasteiger partial charge in [-0.15, -0.1) is 0 Å². The first kappa shape index (κ1) is 17.3. The average Bonchev–Trinajstić information content (AvgIpc) is 3.23. The maximum Gasteiger partial charge on any atom is 0.356 e. The van der Waals surface area contributed by atoms with Crippen molar-refractivity contribution in [2.24, 2.45) is 0 Å². The Labute approximate surface area is 166 Å². The van der Waals surface area contributed by atoms with E-state index in [-0.39, 0.29) is 5.91 Å². The Kier molecular flexibility index (Phi) is 3.74. The van der Waals surface area contributed by atoms with Crippen LogP contribution in [0, 0.1) is 0 Å².